The molecule has 0 radical (unpaired) electrons. The second-order valence-corrected chi connectivity index (χ2v) is 7.82. The number of aliphatic hydroxyl groups excluding tert-OH is 1. The number of nitrogens with zero attached hydrogens (tertiary/aromatic N) is 3. The maximum atomic E-state index is 10.5. The summed E-state index contributed by atoms with van der Waals surface area (Å²) in [6, 6.07) is 8.72. The van der Waals surface area contributed by atoms with Crippen LogP contribution in [0.4, 0.5) is 0 Å². The van der Waals surface area contributed by atoms with E-state index < -0.39 is 6.10 Å². The number of thiophene rings is 2. The quantitative estimate of drug-likeness (QED) is 0.773. The summed E-state index contributed by atoms with van der Waals surface area (Å²) in [5.41, 5.74) is 1.41. The van der Waals surface area contributed by atoms with Crippen molar-refractivity contribution in [3.05, 3.63) is 62.7 Å². The van der Waals surface area contributed by atoms with E-state index in [-0.39, 0.29) is 6.04 Å². The predicted molar refractivity (Wildman–Crippen MR) is 94.0 cm³/mol. The molecule has 0 amide bonds. The molecule has 4 rings (SSSR count). The zero-order chi connectivity index (χ0) is 15.6. The lowest BCUT2D eigenvalue weighted by atomic mass is 9.98. The van der Waals surface area contributed by atoms with E-state index >= 15 is 0 Å². The van der Waals surface area contributed by atoms with Gasteiger partial charge in [-0.25, -0.2) is 0 Å². The predicted octanol–water partition coefficient (Wildman–Crippen LogP) is 3.01. The van der Waals surface area contributed by atoms with Gasteiger partial charge >= 0.3 is 0 Å². The highest BCUT2D eigenvalue weighted by Crippen LogP contribution is 2.39. The van der Waals surface area contributed by atoms with Crippen LogP contribution in [0, 0.1) is 0 Å². The highest BCUT2D eigenvalue weighted by Gasteiger charge is 2.31. The Kier molecular flexibility index (Phi) is 4.31. The highest BCUT2D eigenvalue weighted by molar-refractivity contribution is 7.10. The Hall–Kier alpha value is -1.47. The molecule has 3 aromatic heterocycles. The molecule has 4 nitrogen and oxygen atoms in total. The third kappa shape index (κ3) is 3.12. The molecule has 4 heterocycles. The van der Waals surface area contributed by atoms with E-state index in [2.05, 4.69) is 39.0 Å². The fraction of sp³-hybridized carbons (Fsp3) is 0.353. The van der Waals surface area contributed by atoms with Crippen LogP contribution in [0.25, 0.3) is 0 Å². The number of hydrogen-bond donors (Lipinski definition) is 1. The molecule has 0 aromatic carbocycles. The zero-order valence-corrected chi connectivity index (χ0v) is 14.3. The molecular weight excluding hydrogens is 326 g/mol. The normalized spacial score (nSPS) is 19.6. The maximum Gasteiger partial charge on any atom is 0.0863 e. The van der Waals surface area contributed by atoms with Crippen molar-refractivity contribution in [2.45, 2.75) is 25.1 Å². The molecule has 6 heteroatoms. The summed E-state index contributed by atoms with van der Waals surface area (Å²) in [5, 5.41) is 19.0. The smallest absolute Gasteiger partial charge is 0.0863 e. The summed E-state index contributed by atoms with van der Waals surface area (Å²) in [6.45, 7) is 2.20. The highest BCUT2D eigenvalue weighted by atomic mass is 32.1. The van der Waals surface area contributed by atoms with Crippen molar-refractivity contribution in [1.82, 2.24) is 14.7 Å². The fourth-order valence-corrected chi connectivity index (χ4v) is 5.08. The monoisotopic (exact) mass is 345 g/mol. The van der Waals surface area contributed by atoms with Crippen molar-refractivity contribution in [1.29, 1.82) is 0 Å². The molecule has 120 valence electrons. The van der Waals surface area contributed by atoms with Crippen LogP contribution >= 0.6 is 22.7 Å². The largest absolute Gasteiger partial charge is 0.390 e. The van der Waals surface area contributed by atoms with Crippen LogP contribution < -0.4 is 0 Å². The van der Waals surface area contributed by atoms with E-state index in [1.807, 2.05) is 23.6 Å². The Balaban J connectivity index is 1.55. The fourth-order valence-electron chi connectivity index (χ4n) is 3.30. The van der Waals surface area contributed by atoms with E-state index in [0.29, 0.717) is 13.1 Å². The molecule has 1 aliphatic rings. The van der Waals surface area contributed by atoms with Crippen LogP contribution in [0.2, 0.25) is 0 Å². The lowest BCUT2D eigenvalue weighted by Crippen LogP contribution is -2.41. The molecule has 0 saturated heterocycles. The number of β-amino-alcohol motifs (C(OH)–C–C–N with tert-alkyl or cyclic N) is 1. The Labute approximate surface area is 143 Å². The molecule has 1 aliphatic heterocycles. The van der Waals surface area contributed by atoms with Crippen LogP contribution in [0.15, 0.2) is 47.4 Å². The van der Waals surface area contributed by atoms with Gasteiger partial charge in [-0.1, -0.05) is 6.07 Å². The molecule has 0 unspecified atom stereocenters. The molecule has 0 fully saturated rings. The number of aliphatic hydroxyl groups is 1. The summed E-state index contributed by atoms with van der Waals surface area (Å²) < 4.78 is 1.80. The molecule has 0 spiro atoms. The van der Waals surface area contributed by atoms with Crippen LogP contribution in [0.3, 0.4) is 0 Å². The van der Waals surface area contributed by atoms with Crippen LogP contribution in [0.1, 0.15) is 21.4 Å². The first-order valence-electron chi connectivity index (χ1n) is 7.80. The molecule has 23 heavy (non-hydrogen) atoms. The molecule has 0 saturated carbocycles. The first-order valence-corrected chi connectivity index (χ1v) is 9.56. The summed E-state index contributed by atoms with van der Waals surface area (Å²) >= 11 is 3.65. The average molecular weight is 345 g/mol. The van der Waals surface area contributed by atoms with Gasteiger partial charge in [-0.05, 0) is 40.9 Å². The van der Waals surface area contributed by atoms with E-state index in [4.69, 9.17) is 0 Å². The molecule has 1 N–H and O–H groups in total. The zero-order valence-electron chi connectivity index (χ0n) is 12.7. The molecule has 2 atom stereocenters. The van der Waals surface area contributed by atoms with Crippen LogP contribution in [-0.2, 0) is 13.0 Å². The second-order valence-electron chi connectivity index (χ2n) is 5.84. The average Bonchev–Trinajstić information content (AvgIpc) is 3.29. The summed E-state index contributed by atoms with van der Waals surface area (Å²) in [7, 11) is 0. The minimum absolute atomic E-state index is 0.275. The first-order chi connectivity index (χ1) is 11.3. The van der Waals surface area contributed by atoms with Gasteiger partial charge in [0.2, 0.25) is 0 Å². The van der Waals surface area contributed by atoms with Gasteiger partial charge in [-0.2, -0.15) is 5.10 Å². The Bertz CT molecular complexity index is 736. The second kappa shape index (κ2) is 6.57. The van der Waals surface area contributed by atoms with Crippen molar-refractivity contribution in [3.63, 3.8) is 0 Å². The number of aromatic nitrogens is 2. The summed E-state index contributed by atoms with van der Waals surface area (Å²) in [6.07, 6.45) is 4.30. The van der Waals surface area contributed by atoms with E-state index in [0.717, 1.165) is 13.0 Å². The van der Waals surface area contributed by atoms with Gasteiger partial charge in [0.05, 0.1) is 18.7 Å². The third-order valence-electron chi connectivity index (χ3n) is 4.28. The van der Waals surface area contributed by atoms with Gasteiger partial charge in [-0.15, -0.1) is 22.7 Å². The Morgan fingerprint density at radius 3 is 2.96 bits per heavy atom. The minimum Gasteiger partial charge on any atom is -0.390 e. The lowest BCUT2D eigenvalue weighted by Gasteiger charge is -2.36. The number of hydrogen-bond acceptors (Lipinski definition) is 5. The van der Waals surface area contributed by atoms with Gasteiger partial charge in [-0.3, -0.25) is 9.58 Å². The standard InChI is InChI=1S/C17H19N3OS2/c21-13(12-20-7-2-6-18-20)11-19-8-4-15-14(5-10-23-15)17(19)16-3-1-9-22-16/h1-3,5-7,9-10,13,17,21H,4,8,11-12H2/t13-,17+/m1/s1. The Morgan fingerprint density at radius 1 is 1.22 bits per heavy atom. The minimum atomic E-state index is -0.419. The summed E-state index contributed by atoms with van der Waals surface area (Å²) in [5.74, 6) is 0. The molecule has 0 aliphatic carbocycles. The van der Waals surface area contributed by atoms with Gasteiger partial charge in [0, 0.05) is 35.2 Å². The number of rotatable bonds is 5. The molecule has 3 aromatic rings. The first kappa shape index (κ1) is 15.1. The van der Waals surface area contributed by atoms with E-state index in [1.165, 1.54) is 15.3 Å². The maximum absolute atomic E-state index is 10.5. The van der Waals surface area contributed by atoms with Gasteiger partial charge in [0.1, 0.15) is 0 Å². The van der Waals surface area contributed by atoms with Gasteiger partial charge in [0.15, 0.2) is 0 Å². The van der Waals surface area contributed by atoms with Crippen molar-refractivity contribution in [3.8, 4) is 0 Å². The third-order valence-corrected chi connectivity index (χ3v) is 6.20. The van der Waals surface area contributed by atoms with E-state index in [1.54, 1.807) is 22.2 Å². The van der Waals surface area contributed by atoms with Crippen LogP contribution in [-0.4, -0.2) is 39.0 Å². The number of fused-ring (bicyclic) bond motifs is 1. The van der Waals surface area contributed by atoms with Crippen molar-refractivity contribution >= 4 is 22.7 Å². The Morgan fingerprint density at radius 2 is 2.17 bits per heavy atom. The molecule has 0 bridgehead atoms. The molecular formula is C17H19N3OS2. The van der Waals surface area contributed by atoms with Crippen LogP contribution in [0.5, 0.6) is 0 Å². The topological polar surface area (TPSA) is 41.3 Å². The SMILES string of the molecule is O[C@H](CN1CCc2sccc2[C@H]1c1cccs1)Cn1cccn1. The lowest BCUT2D eigenvalue weighted by molar-refractivity contribution is 0.0787. The van der Waals surface area contributed by atoms with Gasteiger partial charge < -0.3 is 5.11 Å². The van der Waals surface area contributed by atoms with Crippen molar-refractivity contribution in [2.24, 2.45) is 0 Å². The van der Waals surface area contributed by atoms with Gasteiger partial charge in [0.25, 0.3) is 0 Å². The van der Waals surface area contributed by atoms with Crippen molar-refractivity contribution < 1.29 is 5.11 Å². The summed E-state index contributed by atoms with van der Waals surface area (Å²) in [4.78, 5) is 5.26. The van der Waals surface area contributed by atoms with Crippen molar-refractivity contribution in [2.75, 3.05) is 13.1 Å². The van der Waals surface area contributed by atoms with E-state index in [9.17, 15) is 5.11 Å².